The number of carboxylic acids is 1. The van der Waals surface area contributed by atoms with Crippen molar-refractivity contribution in [3.8, 4) is 0 Å². The number of rotatable bonds is 5. The molecular formula is C13H14N2O2S. The molecule has 0 fully saturated rings. The van der Waals surface area contributed by atoms with E-state index in [1.165, 1.54) is 4.88 Å². The number of anilines is 1. The number of aromatic carboxylic acids is 1. The van der Waals surface area contributed by atoms with Gasteiger partial charge >= 0.3 is 5.97 Å². The van der Waals surface area contributed by atoms with E-state index in [9.17, 15) is 4.79 Å². The Morgan fingerprint density at radius 2 is 2.28 bits per heavy atom. The van der Waals surface area contributed by atoms with Crippen LogP contribution in [0.5, 0.6) is 0 Å². The Morgan fingerprint density at radius 1 is 1.44 bits per heavy atom. The van der Waals surface area contributed by atoms with Gasteiger partial charge in [-0.25, -0.2) is 9.78 Å². The molecule has 2 aromatic rings. The summed E-state index contributed by atoms with van der Waals surface area (Å²) in [7, 11) is 0. The molecule has 0 aliphatic carbocycles. The summed E-state index contributed by atoms with van der Waals surface area (Å²) in [6, 6.07) is 7.35. The molecule has 2 N–H and O–H groups in total. The number of carbonyl (C=O) groups is 1. The first kappa shape index (κ1) is 12.6. The lowest BCUT2D eigenvalue weighted by molar-refractivity contribution is 0.0697. The van der Waals surface area contributed by atoms with Crippen LogP contribution in [0.4, 0.5) is 5.82 Å². The summed E-state index contributed by atoms with van der Waals surface area (Å²) in [5.74, 6) is -0.514. The third kappa shape index (κ3) is 3.07. The third-order valence-corrected chi connectivity index (χ3v) is 3.45. The molecule has 0 atom stereocenters. The number of nitrogens with one attached hydrogen (secondary N) is 1. The summed E-state index contributed by atoms with van der Waals surface area (Å²) in [6.45, 7) is 2.52. The first-order chi connectivity index (χ1) is 8.66. The summed E-state index contributed by atoms with van der Waals surface area (Å²) < 4.78 is 0. The highest BCUT2D eigenvalue weighted by Gasteiger charge is 2.10. The molecule has 2 aromatic heterocycles. The summed E-state index contributed by atoms with van der Waals surface area (Å²) >= 11 is 1.69. The second kappa shape index (κ2) is 5.64. The summed E-state index contributed by atoms with van der Waals surface area (Å²) in [5.41, 5.74) is 1.02. The molecule has 4 nitrogen and oxygen atoms in total. The predicted octanol–water partition coefficient (Wildman–Crippen LogP) is 2.80. The molecule has 0 aliphatic rings. The fourth-order valence-corrected chi connectivity index (χ4v) is 2.33. The van der Waals surface area contributed by atoms with Crippen molar-refractivity contribution in [1.29, 1.82) is 0 Å². The number of aromatic nitrogens is 1. The minimum atomic E-state index is -0.957. The molecule has 0 saturated carbocycles. The Morgan fingerprint density at radius 3 is 2.94 bits per heavy atom. The van der Waals surface area contributed by atoms with Gasteiger partial charge in [-0.3, -0.25) is 0 Å². The summed E-state index contributed by atoms with van der Waals surface area (Å²) in [4.78, 5) is 16.5. The fourth-order valence-electron chi connectivity index (χ4n) is 1.62. The minimum Gasteiger partial charge on any atom is -0.478 e. The quantitative estimate of drug-likeness (QED) is 0.869. The maximum atomic E-state index is 11.0. The number of hydrogen-bond acceptors (Lipinski definition) is 4. The molecule has 0 aromatic carbocycles. The van der Waals surface area contributed by atoms with E-state index in [1.54, 1.807) is 23.5 Å². The second-order valence-electron chi connectivity index (χ2n) is 3.91. The summed E-state index contributed by atoms with van der Waals surface area (Å²) in [5, 5.41) is 14.2. The number of thiophene rings is 1. The molecule has 0 spiro atoms. The van der Waals surface area contributed by atoms with Gasteiger partial charge in [0.05, 0.1) is 0 Å². The molecule has 0 aliphatic heterocycles. The van der Waals surface area contributed by atoms with E-state index in [2.05, 4.69) is 16.4 Å². The van der Waals surface area contributed by atoms with E-state index in [1.807, 2.05) is 18.4 Å². The van der Waals surface area contributed by atoms with Crippen LogP contribution in [-0.4, -0.2) is 22.6 Å². The van der Waals surface area contributed by atoms with Gasteiger partial charge in [0.25, 0.3) is 0 Å². The molecule has 2 heterocycles. The zero-order valence-electron chi connectivity index (χ0n) is 10.0. The number of aryl methyl sites for hydroxylation is 1. The largest absolute Gasteiger partial charge is 0.478 e. The Hall–Kier alpha value is -1.88. The molecule has 0 bridgehead atoms. The molecule has 94 valence electrons. The van der Waals surface area contributed by atoms with E-state index < -0.39 is 5.97 Å². The van der Waals surface area contributed by atoms with Crippen LogP contribution in [0.1, 0.15) is 20.9 Å². The van der Waals surface area contributed by atoms with Gasteiger partial charge in [-0.15, -0.1) is 11.3 Å². The van der Waals surface area contributed by atoms with E-state index in [-0.39, 0.29) is 5.56 Å². The number of pyridine rings is 1. The normalized spacial score (nSPS) is 10.3. The SMILES string of the molecule is Cc1ccc(C(=O)O)c(NCCc2cccs2)n1. The van der Waals surface area contributed by atoms with E-state index >= 15 is 0 Å². The maximum Gasteiger partial charge on any atom is 0.339 e. The molecule has 5 heteroatoms. The van der Waals surface area contributed by atoms with Crippen molar-refractivity contribution in [2.75, 3.05) is 11.9 Å². The lowest BCUT2D eigenvalue weighted by atomic mass is 10.2. The molecule has 0 saturated heterocycles. The van der Waals surface area contributed by atoms with E-state index in [0.717, 1.165) is 12.1 Å². The molecule has 0 radical (unpaired) electrons. The van der Waals surface area contributed by atoms with Crippen molar-refractivity contribution in [2.24, 2.45) is 0 Å². The minimum absolute atomic E-state index is 0.215. The highest BCUT2D eigenvalue weighted by atomic mass is 32.1. The van der Waals surface area contributed by atoms with Crippen molar-refractivity contribution >= 4 is 23.1 Å². The van der Waals surface area contributed by atoms with Crippen LogP contribution in [0.2, 0.25) is 0 Å². The van der Waals surface area contributed by atoms with Crippen LogP contribution in [0.3, 0.4) is 0 Å². The Labute approximate surface area is 109 Å². The molecule has 0 unspecified atom stereocenters. The number of carboxylic acid groups (broad SMARTS) is 1. The van der Waals surface area contributed by atoms with Crippen molar-refractivity contribution in [2.45, 2.75) is 13.3 Å². The standard InChI is InChI=1S/C13H14N2O2S/c1-9-4-5-11(13(16)17)12(15-9)14-7-6-10-3-2-8-18-10/h2-5,8H,6-7H2,1H3,(H,14,15)(H,16,17). The van der Waals surface area contributed by atoms with E-state index in [0.29, 0.717) is 12.4 Å². The molecule has 18 heavy (non-hydrogen) atoms. The smallest absolute Gasteiger partial charge is 0.339 e. The zero-order chi connectivity index (χ0) is 13.0. The average Bonchev–Trinajstić information content (AvgIpc) is 2.82. The van der Waals surface area contributed by atoms with Crippen LogP contribution in [-0.2, 0) is 6.42 Å². The van der Waals surface area contributed by atoms with Crippen LogP contribution in [0.25, 0.3) is 0 Å². The zero-order valence-corrected chi connectivity index (χ0v) is 10.8. The van der Waals surface area contributed by atoms with Gasteiger partial charge in [0.15, 0.2) is 0 Å². The monoisotopic (exact) mass is 262 g/mol. The Kier molecular flexibility index (Phi) is 3.94. The van der Waals surface area contributed by atoms with Gasteiger partial charge < -0.3 is 10.4 Å². The molecular weight excluding hydrogens is 248 g/mol. The van der Waals surface area contributed by atoms with Crippen molar-refractivity contribution < 1.29 is 9.90 Å². The van der Waals surface area contributed by atoms with Crippen LogP contribution in [0.15, 0.2) is 29.6 Å². The lowest BCUT2D eigenvalue weighted by Crippen LogP contribution is -2.11. The van der Waals surface area contributed by atoms with Crippen molar-refractivity contribution in [1.82, 2.24) is 4.98 Å². The van der Waals surface area contributed by atoms with Crippen molar-refractivity contribution in [3.63, 3.8) is 0 Å². The van der Waals surface area contributed by atoms with Gasteiger partial charge in [-0.2, -0.15) is 0 Å². The van der Waals surface area contributed by atoms with Crippen LogP contribution in [0, 0.1) is 6.92 Å². The van der Waals surface area contributed by atoms with Gasteiger partial charge in [0.1, 0.15) is 11.4 Å². The lowest BCUT2D eigenvalue weighted by Gasteiger charge is -2.08. The van der Waals surface area contributed by atoms with Gasteiger partial charge in [0, 0.05) is 17.1 Å². The van der Waals surface area contributed by atoms with Gasteiger partial charge in [0.2, 0.25) is 0 Å². The van der Waals surface area contributed by atoms with Crippen LogP contribution >= 0.6 is 11.3 Å². The fraction of sp³-hybridized carbons (Fsp3) is 0.231. The number of hydrogen-bond donors (Lipinski definition) is 2. The first-order valence-electron chi connectivity index (χ1n) is 5.64. The van der Waals surface area contributed by atoms with Crippen LogP contribution < -0.4 is 5.32 Å². The topological polar surface area (TPSA) is 62.2 Å². The highest BCUT2D eigenvalue weighted by Crippen LogP contribution is 2.14. The number of nitrogens with zero attached hydrogens (tertiary/aromatic N) is 1. The third-order valence-electron chi connectivity index (χ3n) is 2.51. The first-order valence-corrected chi connectivity index (χ1v) is 6.52. The van der Waals surface area contributed by atoms with E-state index in [4.69, 9.17) is 5.11 Å². The molecule has 2 rings (SSSR count). The predicted molar refractivity (Wildman–Crippen MR) is 72.4 cm³/mol. The molecule has 0 amide bonds. The maximum absolute atomic E-state index is 11.0. The van der Waals surface area contributed by atoms with Gasteiger partial charge in [-0.1, -0.05) is 6.07 Å². The van der Waals surface area contributed by atoms with Gasteiger partial charge in [-0.05, 0) is 36.9 Å². The Bertz CT molecular complexity index is 538. The highest BCUT2D eigenvalue weighted by molar-refractivity contribution is 7.09. The second-order valence-corrected chi connectivity index (χ2v) is 4.94. The average molecular weight is 262 g/mol. The van der Waals surface area contributed by atoms with Crippen molar-refractivity contribution in [3.05, 3.63) is 45.8 Å². The Balaban J connectivity index is 2.03. The summed E-state index contributed by atoms with van der Waals surface area (Å²) in [6.07, 6.45) is 0.867.